The molecule has 0 spiro atoms. The van der Waals surface area contributed by atoms with Gasteiger partial charge in [-0.15, -0.1) is 0 Å². The van der Waals surface area contributed by atoms with Crippen LogP contribution in [0.3, 0.4) is 0 Å². The predicted octanol–water partition coefficient (Wildman–Crippen LogP) is 0.213. The molecule has 9 heteroatoms. The minimum atomic E-state index is -1.13. The fraction of sp³-hybridized carbons (Fsp3) is 0.636. The Balaban J connectivity index is 4.20. The summed E-state index contributed by atoms with van der Waals surface area (Å²) in [5, 5.41) is 11.4. The molecular formula is C11H15N3O6. The third-order valence-electron chi connectivity index (χ3n) is 2.63. The Morgan fingerprint density at radius 1 is 1.25 bits per heavy atom. The van der Waals surface area contributed by atoms with Crippen molar-refractivity contribution < 1.29 is 29.0 Å². The Morgan fingerprint density at radius 2 is 1.90 bits per heavy atom. The summed E-state index contributed by atoms with van der Waals surface area (Å²) in [4.78, 5) is 48.2. The zero-order chi connectivity index (χ0) is 15.4. The number of amides is 1. The second-order valence-electron chi connectivity index (χ2n) is 4.08. The van der Waals surface area contributed by atoms with Gasteiger partial charge >= 0.3 is 12.1 Å². The number of aliphatic imine (C=N–C) groups is 2. The number of ether oxygens (including phenoxy) is 1. The second kappa shape index (κ2) is 9.43. The first-order chi connectivity index (χ1) is 9.46. The van der Waals surface area contributed by atoms with Crippen molar-refractivity contribution in [2.24, 2.45) is 15.4 Å². The van der Waals surface area contributed by atoms with Gasteiger partial charge in [-0.2, -0.15) is 4.99 Å². The molecule has 0 aromatic rings. The van der Waals surface area contributed by atoms with Gasteiger partial charge in [0.25, 0.3) is 0 Å². The SMILES string of the molecule is CC(CCN=C=O)(CCNC(=O)OCN=C=O)C(=O)O. The monoisotopic (exact) mass is 285 g/mol. The Labute approximate surface area is 114 Å². The molecule has 0 rings (SSSR count). The van der Waals surface area contributed by atoms with Gasteiger partial charge in [-0.1, -0.05) is 0 Å². The lowest BCUT2D eigenvalue weighted by molar-refractivity contribution is -0.148. The summed E-state index contributed by atoms with van der Waals surface area (Å²) in [6.07, 6.45) is 1.98. The standard InChI is InChI=1S/C11H15N3O6/c1-11(9(17)18,2-4-12-6-15)3-5-14-10(19)20-8-13-7-16/h2-5,8H2,1H3,(H,14,19)(H,17,18). The van der Waals surface area contributed by atoms with Gasteiger partial charge in [0.2, 0.25) is 12.2 Å². The van der Waals surface area contributed by atoms with Gasteiger partial charge in [-0.3, -0.25) is 4.79 Å². The molecule has 0 saturated carbocycles. The van der Waals surface area contributed by atoms with E-state index in [2.05, 4.69) is 20.0 Å². The number of carbonyl (C=O) groups is 2. The number of nitrogens with one attached hydrogen (secondary N) is 1. The van der Waals surface area contributed by atoms with Crippen LogP contribution in [-0.2, 0) is 19.1 Å². The first kappa shape index (κ1) is 17.5. The van der Waals surface area contributed by atoms with Gasteiger partial charge in [0, 0.05) is 6.54 Å². The molecule has 20 heavy (non-hydrogen) atoms. The van der Waals surface area contributed by atoms with E-state index in [1.54, 1.807) is 0 Å². The van der Waals surface area contributed by atoms with E-state index in [-0.39, 0.29) is 25.9 Å². The van der Waals surface area contributed by atoms with Crippen molar-refractivity contribution in [3.05, 3.63) is 0 Å². The van der Waals surface area contributed by atoms with Gasteiger partial charge in [0.15, 0.2) is 6.73 Å². The van der Waals surface area contributed by atoms with Gasteiger partial charge < -0.3 is 15.2 Å². The van der Waals surface area contributed by atoms with Crippen molar-refractivity contribution in [2.45, 2.75) is 19.8 Å². The van der Waals surface area contributed by atoms with Crippen LogP contribution in [0.1, 0.15) is 19.8 Å². The first-order valence-electron chi connectivity index (χ1n) is 5.67. The van der Waals surface area contributed by atoms with E-state index >= 15 is 0 Å². The van der Waals surface area contributed by atoms with Crippen LogP contribution in [0, 0.1) is 5.41 Å². The van der Waals surface area contributed by atoms with Crippen LogP contribution in [0.25, 0.3) is 0 Å². The van der Waals surface area contributed by atoms with Crippen molar-refractivity contribution in [1.29, 1.82) is 0 Å². The van der Waals surface area contributed by atoms with Gasteiger partial charge in [-0.05, 0) is 19.8 Å². The summed E-state index contributed by atoms with van der Waals surface area (Å²) in [7, 11) is 0. The minimum Gasteiger partial charge on any atom is -0.481 e. The average molecular weight is 285 g/mol. The maximum atomic E-state index is 11.2. The highest BCUT2D eigenvalue weighted by Crippen LogP contribution is 2.25. The summed E-state index contributed by atoms with van der Waals surface area (Å²) in [5.74, 6) is -1.06. The summed E-state index contributed by atoms with van der Waals surface area (Å²) in [6, 6.07) is 0. The van der Waals surface area contributed by atoms with Crippen molar-refractivity contribution >= 4 is 24.2 Å². The highest BCUT2D eigenvalue weighted by atomic mass is 16.6. The molecule has 0 fully saturated rings. The molecule has 0 aliphatic rings. The van der Waals surface area contributed by atoms with Crippen LogP contribution in [-0.4, -0.2) is 49.1 Å². The molecule has 2 N–H and O–H groups in total. The third kappa shape index (κ3) is 7.05. The highest BCUT2D eigenvalue weighted by molar-refractivity contribution is 5.74. The molecule has 0 heterocycles. The van der Waals surface area contributed by atoms with Crippen LogP contribution in [0.5, 0.6) is 0 Å². The molecule has 0 saturated heterocycles. The zero-order valence-corrected chi connectivity index (χ0v) is 10.9. The zero-order valence-electron chi connectivity index (χ0n) is 10.9. The summed E-state index contributed by atoms with van der Waals surface area (Å²) in [6.45, 7) is 1.14. The van der Waals surface area contributed by atoms with E-state index in [1.807, 2.05) is 0 Å². The van der Waals surface area contributed by atoms with Crippen molar-refractivity contribution in [2.75, 3.05) is 19.8 Å². The number of aliphatic carboxylic acids is 1. The van der Waals surface area contributed by atoms with Crippen molar-refractivity contribution in [1.82, 2.24) is 5.32 Å². The number of carboxylic acids is 1. The average Bonchev–Trinajstić information content (AvgIpc) is 2.39. The predicted molar refractivity (Wildman–Crippen MR) is 65.4 cm³/mol. The Bertz CT molecular complexity index is 439. The second-order valence-corrected chi connectivity index (χ2v) is 4.08. The maximum Gasteiger partial charge on any atom is 0.408 e. The lowest BCUT2D eigenvalue weighted by atomic mass is 9.83. The largest absolute Gasteiger partial charge is 0.481 e. The number of alkyl carbamates (subject to hydrolysis) is 1. The van der Waals surface area contributed by atoms with E-state index in [0.29, 0.717) is 0 Å². The van der Waals surface area contributed by atoms with Crippen molar-refractivity contribution in [3.63, 3.8) is 0 Å². The van der Waals surface area contributed by atoms with E-state index in [9.17, 15) is 19.2 Å². The summed E-state index contributed by atoms with van der Waals surface area (Å²) >= 11 is 0. The molecule has 1 atom stereocenters. The van der Waals surface area contributed by atoms with E-state index in [0.717, 1.165) is 0 Å². The molecule has 1 amide bonds. The molecule has 0 aromatic carbocycles. The molecule has 0 bridgehead atoms. The third-order valence-corrected chi connectivity index (χ3v) is 2.63. The molecule has 0 aliphatic carbocycles. The number of hydrogen-bond donors (Lipinski definition) is 2. The number of rotatable bonds is 9. The normalized spacial score (nSPS) is 12.2. The van der Waals surface area contributed by atoms with Crippen LogP contribution in [0.2, 0.25) is 0 Å². The molecular weight excluding hydrogens is 270 g/mol. The molecule has 0 aliphatic heterocycles. The number of hydrogen-bond acceptors (Lipinski definition) is 7. The molecule has 9 nitrogen and oxygen atoms in total. The van der Waals surface area contributed by atoms with Crippen LogP contribution in [0.15, 0.2) is 9.98 Å². The van der Waals surface area contributed by atoms with Gasteiger partial charge in [0.1, 0.15) is 0 Å². The molecule has 110 valence electrons. The van der Waals surface area contributed by atoms with E-state index in [4.69, 9.17) is 5.11 Å². The van der Waals surface area contributed by atoms with E-state index < -0.39 is 24.2 Å². The molecule has 0 aromatic heterocycles. The fourth-order valence-electron chi connectivity index (χ4n) is 1.30. The number of carboxylic acid groups (broad SMARTS) is 1. The molecule has 1 unspecified atom stereocenters. The number of nitrogens with zero attached hydrogens (tertiary/aromatic N) is 2. The Kier molecular flexibility index (Phi) is 8.25. The molecule has 0 radical (unpaired) electrons. The Hall–Kier alpha value is -2.50. The Morgan fingerprint density at radius 3 is 2.45 bits per heavy atom. The van der Waals surface area contributed by atoms with Gasteiger partial charge in [-0.25, -0.2) is 19.4 Å². The number of isocyanates is 2. The van der Waals surface area contributed by atoms with Crippen LogP contribution >= 0.6 is 0 Å². The highest BCUT2D eigenvalue weighted by Gasteiger charge is 2.32. The lowest BCUT2D eigenvalue weighted by Crippen LogP contribution is -2.34. The number of carbonyl (C=O) groups excluding carboxylic acids is 3. The minimum absolute atomic E-state index is 0.0464. The topological polar surface area (TPSA) is 134 Å². The fourth-order valence-corrected chi connectivity index (χ4v) is 1.30. The van der Waals surface area contributed by atoms with Crippen LogP contribution < -0.4 is 5.32 Å². The first-order valence-corrected chi connectivity index (χ1v) is 5.67. The summed E-state index contributed by atoms with van der Waals surface area (Å²) < 4.78 is 4.46. The van der Waals surface area contributed by atoms with Crippen LogP contribution in [0.4, 0.5) is 4.79 Å². The van der Waals surface area contributed by atoms with E-state index in [1.165, 1.54) is 19.1 Å². The lowest BCUT2D eigenvalue weighted by Gasteiger charge is -2.23. The van der Waals surface area contributed by atoms with Crippen molar-refractivity contribution in [3.8, 4) is 0 Å². The maximum absolute atomic E-state index is 11.2. The smallest absolute Gasteiger partial charge is 0.408 e. The summed E-state index contributed by atoms with van der Waals surface area (Å²) in [5.41, 5.74) is -1.13. The van der Waals surface area contributed by atoms with Gasteiger partial charge in [0.05, 0.1) is 12.0 Å². The quantitative estimate of drug-likeness (QED) is 0.459.